The van der Waals surface area contributed by atoms with Gasteiger partial charge in [-0.05, 0) is 63.4 Å². The first-order valence-corrected chi connectivity index (χ1v) is 12.5. The van der Waals surface area contributed by atoms with Gasteiger partial charge in [0.05, 0.1) is 6.10 Å². The summed E-state index contributed by atoms with van der Waals surface area (Å²) in [6.07, 6.45) is 16.3. The molecule has 2 aromatic heterocycles. The van der Waals surface area contributed by atoms with Crippen LogP contribution in [-0.2, 0) is 0 Å². The molecule has 3 aliphatic rings. The molecule has 5 rings (SSSR count). The fourth-order valence-corrected chi connectivity index (χ4v) is 5.44. The molecule has 0 bridgehead atoms. The fourth-order valence-electron chi connectivity index (χ4n) is 5.44. The number of rotatable bonds is 6. The quantitative estimate of drug-likeness (QED) is 0.589. The summed E-state index contributed by atoms with van der Waals surface area (Å²) in [6.45, 7) is 2.15. The van der Waals surface area contributed by atoms with E-state index in [1.54, 1.807) is 0 Å². The van der Waals surface area contributed by atoms with Crippen LogP contribution in [0, 0.1) is 0 Å². The summed E-state index contributed by atoms with van der Waals surface area (Å²) in [7, 11) is 0. The molecule has 0 aromatic carbocycles. The van der Waals surface area contributed by atoms with Crippen molar-refractivity contribution >= 4 is 23.3 Å². The van der Waals surface area contributed by atoms with Crippen molar-refractivity contribution in [1.29, 1.82) is 0 Å². The van der Waals surface area contributed by atoms with Crippen molar-refractivity contribution in [3.05, 3.63) is 30.1 Å². The van der Waals surface area contributed by atoms with Gasteiger partial charge in [-0.25, -0.2) is 9.97 Å². The topological polar surface area (TPSA) is 86.2 Å². The van der Waals surface area contributed by atoms with Crippen LogP contribution in [0.5, 0.6) is 0 Å². The Balaban J connectivity index is 1.36. The highest BCUT2D eigenvalue weighted by atomic mass is 16.3. The maximum Gasteiger partial charge on any atom is 0.229 e. The second kappa shape index (κ2) is 10.0. The van der Waals surface area contributed by atoms with Crippen LogP contribution in [0.4, 0.5) is 23.3 Å². The Kier molecular flexibility index (Phi) is 6.72. The van der Waals surface area contributed by atoms with Crippen LogP contribution >= 0.6 is 0 Å². The average Bonchev–Trinajstić information content (AvgIpc) is 3.37. The zero-order chi connectivity index (χ0) is 21.8. The Morgan fingerprint density at radius 2 is 1.69 bits per heavy atom. The molecule has 3 fully saturated rings. The molecule has 2 aliphatic carbocycles. The highest BCUT2D eigenvalue weighted by Crippen LogP contribution is 2.37. The second-order valence-electron chi connectivity index (χ2n) is 9.70. The SMILES string of the molecule is OC1CCC(Nc2nc(Nc3ccnc(N4CCCC4)c3)ncc2C2CCCCC2)CC1. The Morgan fingerprint density at radius 1 is 0.906 bits per heavy atom. The standard InChI is InChI=1S/C25H36N6O/c32-21-10-8-19(9-11-21)28-24-22(18-6-2-1-3-7-18)17-27-25(30-24)29-20-12-13-26-23(16-20)31-14-4-5-15-31/h12-13,16-19,21,32H,1-11,14-15H2,(H2,26,27,28,29,30). The van der Waals surface area contributed by atoms with E-state index in [0.29, 0.717) is 17.9 Å². The molecule has 0 amide bonds. The van der Waals surface area contributed by atoms with Gasteiger partial charge in [-0.2, -0.15) is 4.98 Å². The smallest absolute Gasteiger partial charge is 0.229 e. The van der Waals surface area contributed by atoms with E-state index in [9.17, 15) is 5.11 Å². The van der Waals surface area contributed by atoms with Crippen molar-refractivity contribution in [3.63, 3.8) is 0 Å². The number of nitrogens with zero attached hydrogens (tertiary/aromatic N) is 4. The minimum Gasteiger partial charge on any atom is -0.393 e. The van der Waals surface area contributed by atoms with Crippen LogP contribution in [0.15, 0.2) is 24.5 Å². The molecule has 1 aliphatic heterocycles. The van der Waals surface area contributed by atoms with Crippen LogP contribution in [0.25, 0.3) is 0 Å². The van der Waals surface area contributed by atoms with Crippen LogP contribution < -0.4 is 15.5 Å². The maximum absolute atomic E-state index is 9.89. The van der Waals surface area contributed by atoms with E-state index in [0.717, 1.165) is 56.1 Å². The molecule has 1 saturated heterocycles. The Hall–Kier alpha value is -2.41. The van der Waals surface area contributed by atoms with E-state index in [4.69, 9.17) is 9.97 Å². The van der Waals surface area contributed by atoms with Crippen molar-refractivity contribution < 1.29 is 5.11 Å². The number of hydrogen-bond donors (Lipinski definition) is 3. The first kappa shape index (κ1) is 21.4. The van der Waals surface area contributed by atoms with Crippen LogP contribution in [0.3, 0.4) is 0 Å². The van der Waals surface area contributed by atoms with Crippen molar-refractivity contribution in [3.8, 4) is 0 Å². The minimum atomic E-state index is -0.148. The van der Waals surface area contributed by atoms with Gasteiger partial charge in [0.25, 0.3) is 0 Å². The Bertz CT molecular complexity index is 886. The molecule has 0 unspecified atom stereocenters. The molecular weight excluding hydrogens is 400 g/mol. The highest BCUT2D eigenvalue weighted by Gasteiger charge is 2.24. The predicted molar refractivity (Wildman–Crippen MR) is 129 cm³/mol. The van der Waals surface area contributed by atoms with E-state index in [2.05, 4.69) is 26.6 Å². The molecule has 0 atom stereocenters. The molecule has 2 aromatic rings. The first-order valence-electron chi connectivity index (χ1n) is 12.5. The second-order valence-corrected chi connectivity index (χ2v) is 9.70. The fraction of sp³-hybridized carbons (Fsp3) is 0.640. The summed E-state index contributed by atoms with van der Waals surface area (Å²) in [5.74, 6) is 3.16. The molecule has 7 nitrogen and oxygen atoms in total. The van der Waals surface area contributed by atoms with Gasteiger partial charge in [-0.3, -0.25) is 0 Å². The summed E-state index contributed by atoms with van der Waals surface area (Å²) in [6, 6.07) is 4.44. The lowest BCUT2D eigenvalue weighted by atomic mass is 9.84. The summed E-state index contributed by atoms with van der Waals surface area (Å²) in [5, 5.41) is 17.0. The molecule has 172 valence electrons. The van der Waals surface area contributed by atoms with E-state index < -0.39 is 0 Å². The lowest BCUT2D eigenvalue weighted by molar-refractivity contribution is 0.126. The van der Waals surface area contributed by atoms with Crippen molar-refractivity contribution in [1.82, 2.24) is 15.0 Å². The summed E-state index contributed by atoms with van der Waals surface area (Å²) in [5.41, 5.74) is 2.23. The zero-order valence-electron chi connectivity index (χ0n) is 19.0. The molecule has 3 N–H and O–H groups in total. The van der Waals surface area contributed by atoms with Gasteiger partial charge >= 0.3 is 0 Å². The van der Waals surface area contributed by atoms with Gasteiger partial charge in [-0.1, -0.05) is 19.3 Å². The predicted octanol–water partition coefficient (Wildman–Crippen LogP) is 4.98. The van der Waals surface area contributed by atoms with Crippen LogP contribution in [-0.4, -0.2) is 45.3 Å². The number of aromatic nitrogens is 3. The van der Waals surface area contributed by atoms with Gasteiger partial charge in [0.2, 0.25) is 5.95 Å². The van der Waals surface area contributed by atoms with Crippen molar-refractivity contribution in [2.75, 3.05) is 28.6 Å². The lowest BCUT2D eigenvalue weighted by Crippen LogP contribution is -2.29. The maximum atomic E-state index is 9.89. The first-order chi connectivity index (χ1) is 15.7. The summed E-state index contributed by atoms with van der Waals surface area (Å²) >= 11 is 0. The van der Waals surface area contributed by atoms with Crippen molar-refractivity contribution in [2.24, 2.45) is 0 Å². The lowest BCUT2D eigenvalue weighted by Gasteiger charge is -2.29. The number of anilines is 4. The van der Waals surface area contributed by atoms with Gasteiger partial charge in [0.15, 0.2) is 0 Å². The average molecular weight is 437 g/mol. The zero-order valence-corrected chi connectivity index (χ0v) is 19.0. The van der Waals surface area contributed by atoms with E-state index in [-0.39, 0.29) is 6.10 Å². The molecule has 2 saturated carbocycles. The molecule has 7 heteroatoms. The molecule has 3 heterocycles. The van der Waals surface area contributed by atoms with Gasteiger partial charge in [0.1, 0.15) is 11.6 Å². The van der Waals surface area contributed by atoms with Gasteiger partial charge in [0, 0.05) is 48.8 Å². The van der Waals surface area contributed by atoms with E-state index in [1.807, 2.05) is 18.5 Å². The number of pyridine rings is 1. The Labute approximate surface area is 191 Å². The van der Waals surface area contributed by atoms with E-state index >= 15 is 0 Å². The highest BCUT2D eigenvalue weighted by molar-refractivity contribution is 5.60. The van der Waals surface area contributed by atoms with Crippen LogP contribution in [0.1, 0.15) is 82.1 Å². The number of hydrogen-bond acceptors (Lipinski definition) is 7. The Morgan fingerprint density at radius 3 is 2.47 bits per heavy atom. The van der Waals surface area contributed by atoms with Gasteiger partial charge in [-0.15, -0.1) is 0 Å². The summed E-state index contributed by atoms with van der Waals surface area (Å²) < 4.78 is 0. The monoisotopic (exact) mass is 436 g/mol. The van der Waals surface area contributed by atoms with Crippen molar-refractivity contribution in [2.45, 2.75) is 88.7 Å². The largest absolute Gasteiger partial charge is 0.393 e. The number of aliphatic hydroxyl groups is 1. The summed E-state index contributed by atoms with van der Waals surface area (Å²) in [4.78, 5) is 16.5. The van der Waals surface area contributed by atoms with Crippen LogP contribution in [0.2, 0.25) is 0 Å². The molecule has 0 spiro atoms. The number of aliphatic hydroxyl groups excluding tert-OH is 1. The molecular formula is C25H36N6O. The molecule has 32 heavy (non-hydrogen) atoms. The third-order valence-electron chi connectivity index (χ3n) is 7.33. The third-order valence-corrected chi connectivity index (χ3v) is 7.33. The number of nitrogens with one attached hydrogen (secondary N) is 2. The minimum absolute atomic E-state index is 0.148. The third kappa shape index (κ3) is 5.14. The normalized spacial score (nSPS) is 24.5. The van der Waals surface area contributed by atoms with E-state index in [1.165, 1.54) is 50.5 Å². The molecule has 0 radical (unpaired) electrons. The van der Waals surface area contributed by atoms with Gasteiger partial charge < -0.3 is 20.6 Å².